The number of aliphatic hydroxyl groups excluding tert-OH is 1. The quantitative estimate of drug-likeness (QED) is 0.590. The number of amides is 1. The molecular formula is C20H21N3O2S2. The van der Waals surface area contributed by atoms with Crippen LogP contribution in [-0.4, -0.2) is 27.0 Å². The fourth-order valence-electron chi connectivity index (χ4n) is 2.44. The molecule has 0 spiro atoms. The molecule has 0 aliphatic carbocycles. The van der Waals surface area contributed by atoms with Crippen LogP contribution in [0, 0.1) is 0 Å². The predicted octanol–water partition coefficient (Wildman–Crippen LogP) is 4.32. The van der Waals surface area contributed by atoms with Crippen LogP contribution in [0.4, 0.5) is 5.69 Å². The number of rotatable bonds is 8. The number of benzene rings is 2. The minimum absolute atomic E-state index is 0.252. The van der Waals surface area contributed by atoms with Crippen LogP contribution in [0.5, 0.6) is 0 Å². The number of hydrogen-bond acceptors (Lipinski definition) is 6. The van der Waals surface area contributed by atoms with Crippen molar-refractivity contribution in [1.29, 1.82) is 0 Å². The van der Waals surface area contributed by atoms with Crippen molar-refractivity contribution in [2.45, 2.75) is 25.2 Å². The van der Waals surface area contributed by atoms with Crippen molar-refractivity contribution in [2.24, 2.45) is 0 Å². The molecule has 3 aromatic rings. The lowest BCUT2D eigenvalue weighted by molar-refractivity contribution is 0.102. The van der Waals surface area contributed by atoms with E-state index in [1.54, 1.807) is 11.8 Å². The molecule has 0 saturated heterocycles. The lowest BCUT2D eigenvalue weighted by atomic mass is 10.1. The molecule has 0 radical (unpaired) electrons. The third kappa shape index (κ3) is 5.63. The zero-order chi connectivity index (χ0) is 19.1. The molecule has 2 N–H and O–H groups in total. The molecule has 1 heterocycles. The zero-order valence-electron chi connectivity index (χ0n) is 15.0. The molecule has 0 aliphatic rings. The molecule has 0 bridgehead atoms. The second-order valence-electron chi connectivity index (χ2n) is 5.95. The Morgan fingerprint density at radius 2 is 1.89 bits per heavy atom. The molecule has 7 heteroatoms. The second kappa shape index (κ2) is 9.64. The first kappa shape index (κ1) is 19.5. The average Bonchev–Trinajstić information content (AvgIpc) is 3.18. The molecule has 5 nitrogen and oxygen atoms in total. The van der Waals surface area contributed by atoms with E-state index in [9.17, 15) is 9.90 Å². The monoisotopic (exact) mass is 399 g/mol. The number of nitrogens with one attached hydrogen (secondary N) is 1. The number of aryl methyl sites for hydroxylation is 1. The Bertz CT molecular complexity index is 866. The van der Waals surface area contributed by atoms with Crippen LogP contribution in [0.15, 0.2) is 54.6 Å². The van der Waals surface area contributed by atoms with E-state index in [0.29, 0.717) is 16.5 Å². The summed E-state index contributed by atoms with van der Waals surface area (Å²) in [5, 5.41) is 22.2. The minimum Gasteiger partial charge on any atom is -0.388 e. The van der Waals surface area contributed by atoms with Gasteiger partial charge in [0.05, 0.1) is 6.10 Å². The summed E-state index contributed by atoms with van der Waals surface area (Å²) in [7, 11) is 0. The number of hydrogen-bond donors (Lipinski definition) is 2. The van der Waals surface area contributed by atoms with Gasteiger partial charge in [-0.1, -0.05) is 60.7 Å². The molecule has 1 aromatic heterocycles. The summed E-state index contributed by atoms with van der Waals surface area (Å²) in [6, 6.07) is 17.3. The van der Waals surface area contributed by atoms with Crippen LogP contribution in [-0.2, 0) is 12.2 Å². The van der Waals surface area contributed by atoms with Gasteiger partial charge in [0.2, 0.25) is 5.01 Å². The van der Waals surface area contributed by atoms with Crippen molar-refractivity contribution in [3.63, 3.8) is 0 Å². The van der Waals surface area contributed by atoms with Gasteiger partial charge in [0.15, 0.2) is 0 Å². The van der Waals surface area contributed by atoms with Gasteiger partial charge in [-0.3, -0.25) is 4.79 Å². The summed E-state index contributed by atoms with van der Waals surface area (Å²) in [6.45, 7) is 2.09. The summed E-state index contributed by atoms with van der Waals surface area (Å²) in [5.41, 5.74) is 2.87. The van der Waals surface area contributed by atoms with Crippen LogP contribution in [0.25, 0.3) is 0 Å². The summed E-state index contributed by atoms with van der Waals surface area (Å²) >= 11 is 2.85. The summed E-state index contributed by atoms with van der Waals surface area (Å²) < 4.78 is 0. The Balaban J connectivity index is 1.49. The van der Waals surface area contributed by atoms with Crippen molar-refractivity contribution in [2.75, 3.05) is 11.1 Å². The maximum atomic E-state index is 12.3. The van der Waals surface area contributed by atoms with Gasteiger partial charge in [0, 0.05) is 17.2 Å². The second-order valence-corrected chi connectivity index (χ2v) is 8.04. The first-order valence-corrected chi connectivity index (χ1v) is 10.7. The molecule has 1 amide bonds. The summed E-state index contributed by atoms with van der Waals surface area (Å²) in [4.78, 5) is 12.3. The van der Waals surface area contributed by atoms with Crippen molar-refractivity contribution in [3.8, 4) is 0 Å². The van der Waals surface area contributed by atoms with Crippen LogP contribution < -0.4 is 5.32 Å². The highest BCUT2D eigenvalue weighted by molar-refractivity contribution is 7.98. The number of anilines is 1. The van der Waals surface area contributed by atoms with Gasteiger partial charge in [0.25, 0.3) is 5.91 Å². The van der Waals surface area contributed by atoms with E-state index in [2.05, 4.69) is 22.4 Å². The molecule has 0 aliphatic heterocycles. The molecule has 27 heavy (non-hydrogen) atoms. The zero-order valence-corrected chi connectivity index (χ0v) is 16.6. The van der Waals surface area contributed by atoms with E-state index in [4.69, 9.17) is 0 Å². The fourth-order valence-corrected chi connectivity index (χ4v) is 4.22. The van der Waals surface area contributed by atoms with E-state index in [0.717, 1.165) is 22.7 Å². The number of thioether (sulfide) groups is 1. The van der Waals surface area contributed by atoms with Crippen molar-refractivity contribution < 1.29 is 9.90 Å². The molecule has 0 saturated carbocycles. The Morgan fingerprint density at radius 1 is 1.15 bits per heavy atom. The highest BCUT2D eigenvalue weighted by atomic mass is 32.2. The Hall–Kier alpha value is -2.22. The Morgan fingerprint density at radius 3 is 2.59 bits per heavy atom. The maximum Gasteiger partial charge on any atom is 0.286 e. The number of nitrogens with zero attached hydrogens (tertiary/aromatic N) is 2. The highest BCUT2D eigenvalue weighted by Gasteiger charge is 2.14. The van der Waals surface area contributed by atoms with Gasteiger partial charge < -0.3 is 10.4 Å². The molecule has 140 valence electrons. The summed E-state index contributed by atoms with van der Waals surface area (Å²) in [6.07, 6.45) is 0.447. The van der Waals surface area contributed by atoms with E-state index in [1.165, 1.54) is 16.9 Å². The van der Waals surface area contributed by atoms with E-state index >= 15 is 0 Å². The Labute approximate surface area is 166 Å². The maximum absolute atomic E-state index is 12.3. The van der Waals surface area contributed by atoms with Crippen molar-refractivity contribution >= 4 is 34.7 Å². The van der Waals surface area contributed by atoms with E-state index in [1.807, 2.05) is 54.6 Å². The van der Waals surface area contributed by atoms with Gasteiger partial charge >= 0.3 is 0 Å². The van der Waals surface area contributed by atoms with Gasteiger partial charge in [-0.25, -0.2) is 0 Å². The Kier molecular flexibility index (Phi) is 6.98. The average molecular weight is 400 g/mol. The molecule has 2 aromatic carbocycles. The number of carbonyl (C=O) groups is 1. The topological polar surface area (TPSA) is 75.1 Å². The van der Waals surface area contributed by atoms with Gasteiger partial charge in [0.1, 0.15) is 5.01 Å². The molecular weight excluding hydrogens is 378 g/mol. The molecule has 3 rings (SSSR count). The lowest BCUT2D eigenvalue weighted by Crippen LogP contribution is -2.11. The molecule has 1 unspecified atom stereocenters. The predicted molar refractivity (Wildman–Crippen MR) is 111 cm³/mol. The van der Waals surface area contributed by atoms with Crippen molar-refractivity contribution in [3.05, 3.63) is 75.7 Å². The van der Waals surface area contributed by atoms with E-state index < -0.39 is 6.10 Å². The van der Waals surface area contributed by atoms with Gasteiger partial charge in [-0.15, -0.1) is 10.2 Å². The SMILES string of the molecule is CCc1ccc(NC(=O)c2nnc(CSCC(O)c3ccccc3)s2)cc1. The first-order chi connectivity index (χ1) is 13.2. The smallest absolute Gasteiger partial charge is 0.286 e. The standard InChI is InChI=1S/C20H21N3O2S2/c1-2-14-8-10-16(11-9-14)21-19(25)20-23-22-18(27-20)13-26-12-17(24)15-6-4-3-5-7-15/h3-11,17,24H,2,12-13H2,1H3,(H,21,25). The largest absolute Gasteiger partial charge is 0.388 e. The van der Waals surface area contributed by atoms with Gasteiger partial charge in [-0.2, -0.15) is 11.8 Å². The van der Waals surface area contributed by atoms with E-state index in [-0.39, 0.29) is 5.91 Å². The van der Waals surface area contributed by atoms with Crippen LogP contribution in [0.1, 0.15) is 39.0 Å². The highest BCUT2D eigenvalue weighted by Crippen LogP contribution is 2.23. The van der Waals surface area contributed by atoms with Crippen LogP contribution in [0.2, 0.25) is 0 Å². The third-order valence-electron chi connectivity index (χ3n) is 3.97. The first-order valence-electron chi connectivity index (χ1n) is 8.69. The molecule has 0 fully saturated rings. The minimum atomic E-state index is -0.516. The van der Waals surface area contributed by atoms with Crippen LogP contribution in [0.3, 0.4) is 0 Å². The third-order valence-corrected chi connectivity index (χ3v) is 6.10. The number of carbonyl (C=O) groups excluding carboxylic acids is 1. The van der Waals surface area contributed by atoms with Crippen molar-refractivity contribution in [1.82, 2.24) is 10.2 Å². The number of aliphatic hydroxyl groups is 1. The fraction of sp³-hybridized carbons (Fsp3) is 0.250. The lowest BCUT2D eigenvalue weighted by Gasteiger charge is -2.09. The van der Waals surface area contributed by atoms with Crippen LogP contribution >= 0.6 is 23.1 Å². The molecule has 1 atom stereocenters. The summed E-state index contributed by atoms with van der Waals surface area (Å²) in [5.74, 6) is 0.923. The number of aromatic nitrogens is 2. The normalized spacial score (nSPS) is 11.9. The van der Waals surface area contributed by atoms with Gasteiger partial charge in [-0.05, 0) is 29.7 Å².